The topological polar surface area (TPSA) is 58.7 Å². The normalized spacial score (nSPS) is 14.3. The van der Waals surface area contributed by atoms with Gasteiger partial charge in [-0.3, -0.25) is 0 Å². The molecule has 0 amide bonds. The molecule has 5 heteroatoms. The van der Waals surface area contributed by atoms with E-state index < -0.39 is 6.10 Å². The van der Waals surface area contributed by atoms with Gasteiger partial charge in [-0.15, -0.1) is 0 Å². The zero-order chi connectivity index (χ0) is 13.7. The van der Waals surface area contributed by atoms with Crippen LogP contribution < -0.4 is 10.6 Å². The van der Waals surface area contributed by atoms with Crippen molar-refractivity contribution in [3.05, 3.63) is 29.6 Å². The highest BCUT2D eigenvalue weighted by molar-refractivity contribution is 5.49. The molecule has 2 atom stereocenters. The number of aliphatic hydroxyl groups excluding tert-OH is 1. The number of halogens is 1. The van der Waals surface area contributed by atoms with E-state index in [1.54, 1.807) is 31.0 Å². The minimum Gasteiger partial charge on any atom is -0.389 e. The molecule has 0 saturated carbocycles. The third kappa shape index (κ3) is 3.94. The summed E-state index contributed by atoms with van der Waals surface area (Å²) in [4.78, 5) is 1.66. The molecule has 1 aromatic rings. The van der Waals surface area contributed by atoms with E-state index in [0.29, 0.717) is 12.2 Å². The number of nitrogens with zero attached hydrogens (tertiary/aromatic N) is 1. The molecule has 0 aliphatic carbocycles. The lowest BCUT2D eigenvalue weighted by Crippen LogP contribution is -2.32. The first-order valence-corrected chi connectivity index (χ1v) is 5.89. The quantitative estimate of drug-likeness (QED) is 0.805. The van der Waals surface area contributed by atoms with Gasteiger partial charge < -0.3 is 20.5 Å². The molecule has 0 saturated heterocycles. The van der Waals surface area contributed by atoms with E-state index in [2.05, 4.69) is 0 Å². The van der Waals surface area contributed by atoms with Crippen molar-refractivity contribution in [3.8, 4) is 0 Å². The lowest BCUT2D eigenvalue weighted by Gasteiger charge is -2.23. The molecule has 0 aliphatic rings. The van der Waals surface area contributed by atoms with Gasteiger partial charge >= 0.3 is 0 Å². The van der Waals surface area contributed by atoms with Gasteiger partial charge in [0.1, 0.15) is 5.82 Å². The number of likely N-dealkylation sites (N-methyl/N-ethyl adjacent to an activating group) is 1. The monoisotopic (exact) mass is 256 g/mol. The summed E-state index contributed by atoms with van der Waals surface area (Å²) in [5.41, 5.74) is 6.88. The van der Waals surface area contributed by atoms with Gasteiger partial charge in [0.05, 0.1) is 18.4 Å². The number of hydrogen-bond donors (Lipinski definition) is 2. The molecule has 0 radical (unpaired) electrons. The first-order valence-electron chi connectivity index (χ1n) is 5.89. The smallest absolute Gasteiger partial charge is 0.146 e. The van der Waals surface area contributed by atoms with Crippen LogP contribution in [0.5, 0.6) is 0 Å². The van der Waals surface area contributed by atoms with Crippen LogP contribution in [0.3, 0.4) is 0 Å². The standard InChI is InChI=1S/C13H21FN2O2/c1-9(15)10-4-5-13(12(14)6-10)16(2)7-11(17)8-18-3/h4-6,9,11,17H,7-8,15H2,1-3H3/t9-,11?/m1/s1. The summed E-state index contributed by atoms with van der Waals surface area (Å²) >= 11 is 0. The van der Waals surface area contributed by atoms with Crippen LogP contribution in [0.1, 0.15) is 18.5 Å². The van der Waals surface area contributed by atoms with Crippen LogP contribution in [0.15, 0.2) is 18.2 Å². The van der Waals surface area contributed by atoms with Gasteiger partial charge in [0.15, 0.2) is 0 Å². The van der Waals surface area contributed by atoms with Crippen LogP contribution in [0.2, 0.25) is 0 Å². The number of benzene rings is 1. The van der Waals surface area contributed by atoms with Crippen LogP contribution in [-0.2, 0) is 4.74 Å². The van der Waals surface area contributed by atoms with E-state index in [1.807, 2.05) is 0 Å². The van der Waals surface area contributed by atoms with Crippen molar-refractivity contribution in [2.45, 2.75) is 19.1 Å². The minimum atomic E-state index is -0.646. The van der Waals surface area contributed by atoms with Gasteiger partial charge in [-0.05, 0) is 24.6 Å². The maximum Gasteiger partial charge on any atom is 0.146 e. The molecule has 0 aliphatic heterocycles. The number of anilines is 1. The molecule has 0 spiro atoms. The summed E-state index contributed by atoms with van der Waals surface area (Å²) in [5, 5.41) is 9.61. The van der Waals surface area contributed by atoms with Gasteiger partial charge in [0, 0.05) is 26.7 Å². The number of hydrogen-bond acceptors (Lipinski definition) is 4. The summed E-state index contributed by atoms with van der Waals surface area (Å²) in [5.74, 6) is -0.336. The van der Waals surface area contributed by atoms with Crippen molar-refractivity contribution >= 4 is 5.69 Å². The van der Waals surface area contributed by atoms with Crippen molar-refractivity contribution in [1.29, 1.82) is 0 Å². The molecule has 1 rings (SSSR count). The lowest BCUT2D eigenvalue weighted by atomic mass is 10.1. The van der Waals surface area contributed by atoms with Gasteiger partial charge in [0.25, 0.3) is 0 Å². The average Bonchev–Trinajstić information content (AvgIpc) is 2.28. The SMILES string of the molecule is COCC(O)CN(C)c1ccc([C@@H](C)N)cc1F. The largest absolute Gasteiger partial charge is 0.389 e. The molecule has 0 aromatic heterocycles. The first kappa shape index (κ1) is 14.9. The molecule has 1 unspecified atom stereocenters. The Morgan fingerprint density at radius 2 is 2.17 bits per heavy atom. The fourth-order valence-corrected chi connectivity index (χ4v) is 1.78. The number of nitrogens with two attached hydrogens (primary N) is 1. The second kappa shape index (κ2) is 6.68. The Morgan fingerprint density at radius 1 is 1.50 bits per heavy atom. The van der Waals surface area contributed by atoms with Gasteiger partial charge in [-0.2, -0.15) is 0 Å². The lowest BCUT2D eigenvalue weighted by molar-refractivity contribution is 0.0694. The number of ether oxygens (including phenoxy) is 1. The summed E-state index contributed by atoms with van der Waals surface area (Å²) < 4.78 is 18.7. The van der Waals surface area contributed by atoms with Gasteiger partial charge in [-0.1, -0.05) is 6.07 Å². The van der Waals surface area contributed by atoms with Gasteiger partial charge in [0.2, 0.25) is 0 Å². The summed E-state index contributed by atoms with van der Waals surface area (Å²) in [7, 11) is 3.24. The maximum atomic E-state index is 13.9. The molecule has 1 aromatic carbocycles. The van der Waals surface area contributed by atoms with Crippen LogP contribution >= 0.6 is 0 Å². The Labute approximate surface area is 107 Å². The summed E-state index contributed by atoms with van der Waals surface area (Å²) in [6, 6.07) is 4.70. The Morgan fingerprint density at radius 3 is 2.67 bits per heavy atom. The van der Waals surface area contributed by atoms with Crippen LogP contribution in [0.25, 0.3) is 0 Å². The van der Waals surface area contributed by atoms with Gasteiger partial charge in [-0.25, -0.2) is 4.39 Å². The van der Waals surface area contributed by atoms with E-state index in [9.17, 15) is 9.50 Å². The highest BCUT2D eigenvalue weighted by atomic mass is 19.1. The zero-order valence-electron chi connectivity index (χ0n) is 11.1. The Hall–Kier alpha value is -1.17. The van der Waals surface area contributed by atoms with E-state index in [-0.39, 0.29) is 18.5 Å². The number of rotatable bonds is 6. The predicted octanol–water partition coefficient (Wildman–Crippen LogP) is 1.29. The predicted molar refractivity (Wildman–Crippen MR) is 70.2 cm³/mol. The van der Waals surface area contributed by atoms with E-state index in [0.717, 1.165) is 5.56 Å². The third-order valence-corrected chi connectivity index (χ3v) is 2.75. The van der Waals surface area contributed by atoms with E-state index >= 15 is 0 Å². The third-order valence-electron chi connectivity index (χ3n) is 2.75. The second-order valence-corrected chi connectivity index (χ2v) is 4.49. The van der Waals surface area contributed by atoms with Crippen molar-refractivity contribution in [2.24, 2.45) is 5.73 Å². The second-order valence-electron chi connectivity index (χ2n) is 4.49. The average molecular weight is 256 g/mol. The maximum absolute atomic E-state index is 13.9. The Kier molecular flexibility index (Phi) is 5.53. The van der Waals surface area contributed by atoms with Crippen molar-refractivity contribution in [3.63, 3.8) is 0 Å². The van der Waals surface area contributed by atoms with E-state index in [1.165, 1.54) is 13.2 Å². The molecular weight excluding hydrogens is 235 g/mol. The molecular formula is C13H21FN2O2. The number of methoxy groups -OCH3 is 1. The molecule has 102 valence electrons. The Bertz CT molecular complexity index is 385. The van der Waals surface area contributed by atoms with Crippen LogP contribution in [0.4, 0.5) is 10.1 Å². The van der Waals surface area contributed by atoms with E-state index in [4.69, 9.17) is 10.5 Å². The fraction of sp³-hybridized carbons (Fsp3) is 0.538. The first-order chi connectivity index (χ1) is 8.45. The fourth-order valence-electron chi connectivity index (χ4n) is 1.78. The van der Waals surface area contributed by atoms with Crippen LogP contribution in [-0.4, -0.2) is 38.5 Å². The molecule has 0 heterocycles. The Balaban J connectivity index is 2.77. The minimum absolute atomic E-state index is 0.196. The van der Waals surface area contributed by atoms with Crippen molar-refractivity contribution < 1.29 is 14.2 Å². The van der Waals surface area contributed by atoms with Crippen molar-refractivity contribution in [1.82, 2.24) is 0 Å². The molecule has 0 fully saturated rings. The van der Waals surface area contributed by atoms with Crippen molar-refractivity contribution in [2.75, 3.05) is 32.2 Å². The zero-order valence-corrected chi connectivity index (χ0v) is 11.1. The summed E-state index contributed by atoms with van der Waals surface area (Å²) in [6.07, 6.45) is -0.646. The highest BCUT2D eigenvalue weighted by Gasteiger charge is 2.13. The molecule has 18 heavy (non-hydrogen) atoms. The molecule has 4 nitrogen and oxygen atoms in total. The molecule has 0 bridgehead atoms. The summed E-state index contributed by atoms with van der Waals surface area (Å²) in [6.45, 7) is 2.34. The number of aliphatic hydroxyl groups is 1. The molecule has 3 N–H and O–H groups in total. The highest BCUT2D eigenvalue weighted by Crippen LogP contribution is 2.22. The van der Waals surface area contributed by atoms with Crippen LogP contribution in [0, 0.1) is 5.82 Å².